The van der Waals surface area contributed by atoms with Crippen molar-refractivity contribution < 1.29 is 9.90 Å². The third-order valence-corrected chi connectivity index (χ3v) is 4.77. The Kier molecular flexibility index (Phi) is 5.88. The molecule has 20 heavy (non-hydrogen) atoms. The van der Waals surface area contributed by atoms with Crippen molar-refractivity contribution in [1.82, 2.24) is 14.8 Å². The number of rotatable bonds is 8. The zero-order chi connectivity index (χ0) is 14.4. The maximum atomic E-state index is 10.7. The van der Waals surface area contributed by atoms with Gasteiger partial charge in [-0.1, -0.05) is 44.4 Å². The second-order valence-corrected chi connectivity index (χ2v) is 6.36. The molecule has 0 aromatic carbocycles. The van der Waals surface area contributed by atoms with Gasteiger partial charge in [-0.2, -0.15) is 0 Å². The summed E-state index contributed by atoms with van der Waals surface area (Å²) < 4.78 is 2.10. The topological polar surface area (TPSA) is 68.0 Å². The van der Waals surface area contributed by atoms with Gasteiger partial charge in [0, 0.05) is 13.0 Å². The molecule has 0 bridgehead atoms. The highest BCUT2D eigenvalue weighted by atomic mass is 32.2. The SMILES string of the molecule is CCCn1c(CCC2CCCC2)nnc1SCC(=O)O. The van der Waals surface area contributed by atoms with E-state index in [0.717, 1.165) is 36.3 Å². The van der Waals surface area contributed by atoms with Crippen LogP contribution in [0.3, 0.4) is 0 Å². The lowest BCUT2D eigenvalue weighted by Gasteiger charge is -2.10. The molecule has 5 nitrogen and oxygen atoms in total. The minimum Gasteiger partial charge on any atom is -0.481 e. The van der Waals surface area contributed by atoms with Crippen LogP contribution in [-0.4, -0.2) is 31.6 Å². The lowest BCUT2D eigenvalue weighted by molar-refractivity contribution is -0.133. The molecule has 1 N–H and O–H groups in total. The van der Waals surface area contributed by atoms with Crippen molar-refractivity contribution in [1.29, 1.82) is 0 Å². The van der Waals surface area contributed by atoms with Crippen molar-refractivity contribution in [3.8, 4) is 0 Å². The summed E-state index contributed by atoms with van der Waals surface area (Å²) in [6.45, 7) is 2.99. The molecule has 0 radical (unpaired) electrons. The van der Waals surface area contributed by atoms with Crippen molar-refractivity contribution >= 4 is 17.7 Å². The molecule has 0 aliphatic heterocycles. The van der Waals surface area contributed by atoms with Crippen molar-refractivity contribution in [2.45, 2.75) is 63.6 Å². The van der Waals surface area contributed by atoms with E-state index in [2.05, 4.69) is 21.7 Å². The van der Waals surface area contributed by atoms with E-state index < -0.39 is 5.97 Å². The van der Waals surface area contributed by atoms with Gasteiger partial charge in [-0.05, 0) is 18.8 Å². The summed E-state index contributed by atoms with van der Waals surface area (Å²) in [6, 6.07) is 0. The summed E-state index contributed by atoms with van der Waals surface area (Å²) >= 11 is 1.26. The zero-order valence-corrected chi connectivity index (χ0v) is 12.9. The molecule has 1 aliphatic carbocycles. The number of hydrogen-bond acceptors (Lipinski definition) is 4. The third-order valence-electron chi connectivity index (χ3n) is 3.82. The smallest absolute Gasteiger partial charge is 0.313 e. The monoisotopic (exact) mass is 297 g/mol. The van der Waals surface area contributed by atoms with E-state index in [1.54, 1.807) is 0 Å². The minimum absolute atomic E-state index is 0.0461. The van der Waals surface area contributed by atoms with E-state index >= 15 is 0 Å². The van der Waals surface area contributed by atoms with Crippen molar-refractivity contribution in [2.24, 2.45) is 5.92 Å². The molecule has 0 spiro atoms. The highest BCUT2D eigenvalue weighted by Crippen LogP contribution is 2.29. The summed E-state index contributed by atoms with van der Waals surface area (Å²) in [7, 11) is 0. The average molecular weight is 297 g/mol. The predicted molar refractivity (Wildman–Crippen MR) is 79.0 cm³/mol. The van der Waals surface area contributed by atoms with E-state index in [0.29, 0.717) is 0 Å². The van der Waals surface area contributed by atoms with Gasteiger partial charge < -0.3 is 9.67 Å². The van der Waals surface area contributed by atoms with E-state index in [4.69, 9.17) is 5.11 Å². The molecule has 1 aromatic heterocycles. The number of aromatic nitrogens is 3. The quantitative estimate of drug-likeness (QED) is 0.747. The fourth-order valence-corrected chi connectivity index (χ4v) is 3.52. The van der Waals surface area contributed by atoms with Gasteiger partial charge in [0.15, 0.2) is 5.16 Å². The maximum absolute atomic E-state index is 10.7. The van der Waals surface area contributed by atoms with Crippen LogP contribution in [0, 0.1) is 5.92 Å². The first-order valence-electron chi connectivity index (χ1n) is 7.47. The van der Waals surface area contributed by atoms with Crippen molar-refractivity contribution in [2.75, 3.05) is 5.75 Å². The molecule has 1 heterocycles. The molecular formula is C14H23N3O2S. The predicted octanol–water partition coefficient (Wildman–Crippen LogP) is 2.99. The molecule has 2 rings (SSSR count). The maximum Gasteiger partial charge on any atom is 0.313 e. The lowest BCUT2D eigenvalue weighted by Crippen LogP contribution is -2.08. The number of carboxylic acids is 1. The van der Waals surface area contributed by atoms with Gasteiger partial charge in [-0.3, -0.25) is 4.79 Å². The fraction of sp³-hybridized carbons (Fsp3) is 0.786. The summed E-state index contributed by atoms with van der Waals surface area (Å²) in [4.78, 5) is 10.7. The van der Waals surface area contributed by atoms with Gasteiger partial charge >= 0.3 is 5.97 Å². The number of carbonyl (C=O) groups is 1. The van der Waals surface area contributed by atoms with Crippen LogP contribution in [0.15, 0.2) is 5.16 Å². The Labute approximate surface area is 124 Å². The van der Waals surface area contributed by atoms with E-state index in [-0.39, 0.29) is 5.75 Å². The molecule has 1 saturated carbocycles. The average Bonchev–Trinajstić information content (AvgIpc) is 3.04. The Bertz CT molecular complexity index is 442. The zero-order valence-electron chi connectivity index (χ0n) is 12.0. The normalized spacial score (nSPS) is 15.8. The molecule has 112 valence electrons. The van der Waals surface area contributed by atoms with Crippen molar-refractivity contribution in [3.05, 3.63) is 5.82 Å². The highest BCUT2D eigenvalue weighted by molar-refractivity contribution is 7.99. The van der Waals surface area contributed by atoms with Crippen molar-refractivity contribution in [3.63, 3.8) is 0 Å². The Morgan fingerprint density at radius 2 is 2.15 bits per heavy atom. The molecule has 1 aromatic rings. The summed E-state index contributed by atoms with van der Waals surface area (Å²) in [5, 5.41) is 18.0. The molecule has 6 heteroatoms. The largest absolute Gasteiger partial charge is 0.481 e. The van der Waals surface area contributed by atoms with Gasteiger partial charge in [-0.15, -0.1) is 10.2 Å². The number of nitrogens with zero attached hydrogens (tertiary/aromatic N) is 3. The molecular weight excluding hydrogens is 274 g/mol. The van der Waals surface area contributed by atoms with Gasteiger partial charge in [0.05, 0.1) is 5.75 Å². The molecule has 0 amide bonds. The van der Waals surface area contributed by atoms with Gasteiger partial charge in [0.1, 0.15) is 5.82 Å². The molecule has 0 unspecified atom stereocenters. The minimum atomic E-state index is -0.812. The third kappa shape index (κ3) is 4.23. The highest BCUT2D eigenvalue weighted by Gasteiger charge is 2.18. The van der Waals surface area contributed by atoms with Crippen LogP contribution < -0.4 is 0 Å². The molecule has 0 atom stereocenters. The standard InChI is InChI=1S/C14H23N3O2S/c1-2-9-17-12(8-7-11-5-3-4-6-11)15-16-14(17)20-10-13(18)19/h11H,2-10H2,1H3,(H,18,19). The van der Waals surface area contributed by atoms with Crippen LogP contribution in [-0.2, 0) is 17.8 Å². The number of carboxylic acid groups (broad SMARTS) is 1. The Morgan fingerprint density at radius 1 is 1.40 bits per heavy atom. The first-order chi connectivity index (χ1) is 9.70. The van der Waals surface area contributed by atoms with Crippen LogP contribution >= 0.6 is 11.8 Å². The Morgan fingerprint density at radius 3 is 2.80 bits per heavy atom. The van der Waals surface area contributed by atoms with Gasteiger partial charge in [0.25, 0.3) is 0 Å². The van der Waals surface area contributed by atoms with Crippen LogP contribution in [0.2, 0.25) is 0 Å². The Hall–Kier alpha value is -1.04. The van der Waals surface area contributed by atoms with Crippen LogP contribution in [0.4, 0.5) is 0 Å². The second kappa shape index (κ2) is 7.67. The summed E-state index contributed by atoms with van der Waals surface area (Å²) in [6.07, 6.45) is 8.59. The summed E-state index contributed by atoms with van der Waals surface area (Å²) in [5.41, 5.74) is 0. The number of aryl methyl sites for hydroxylation is 1. The van der Waals surface area contributed by atoms with E-state index in [1.165, 1.54) is 43.9 Å². The number of hydrogen-bond donors (Lipinski definition) is 1. The first-order valence-corrected chi connectivity index (χ1v) is 8.46. The van der Waals surface area contributed by atoms with Crippen LogP contribution in [0.25, 0.3) is 0 Å². The first kappa shape index (κ1) is 15.4. The summed E-state index contributed by atoms with van der Waals surface area (Å²) in [5.74, 6) is 1.10. The van der Waals surface area contributed by atoms with Crippen LogP contribution in [0.5, 0.6) is 0 Å². The molecule has 1 aliphatic rings. The fourth-order valence-electron chi connectivity index (χ4n) is 2.82. The van der Waals surface area contributed by atoms with E-state index in [9.17, 15) is 4.79 Å². The van der Waals surface area contributed by atoms with Crippen LogP contribution in [0.1, 0.15) is 51.3 Å². The Balaban J connectivity index is 1.97. The van der Waals surface area contributed by atoms with E-state index in [1.807, 2.05) is 0 Å². The number of aliphatic carboxylic acids is 1. The second-order valence-electron chi connectivity index (χ2n) is 5.42. The lowest BCUT2D eigenvalue weighted by atomic mass is 10.0. The molecule has 0 saturated heterocycles. The van der Waals surface area contributed by atoms with Gasteiger partial charge in [-0.25, -0.2) is 0 Å². The van der Waals surface area contributed by atoms with Gasteiger partial charge in [0.2, 0.25) is 0 Å². The number of thioether (sulfide) groups is 1. The molecule has 1 fully saturated rings.